The summed E-state index contributed by atoms with van der Waals surface area (Å²) in [6.07, 6.45) is 0. The fourth-order valence-corrected chi connectivity index (χ4v) is 2.91. The van der Waals surface area contributed by atoms with Gasteiger partial charge in [0.25, 0.3) is 11.8 Å². The van der Waals surface area contributed by atoms with Gasteiger partial charge in [-0.1, -0.05) is 18.2 Å². The highest BCUT2D eigenvalue weighted by molar-refractivity contribution is 5.97. The van der Waals surface area contributed by atoms with Crippen molar-refractivity contribution in [3.05, 3.63) is 65.5 Å². The molecular weight excluding hydrogens is 323 g/mol. The Hall–Kier alpha value is -2.89. The molecule has 0 radical (unpaired) electrons. The Morgan fingerprint density at radius 2 is 1.56 bits per heavy atom. The summed E-state index contributed by atoms with van der Waals surface area (Å²) < 4.78 is 18.5. The van der Waals surface area contributed by atoms with Crippen LogP contribution in [0.3, 0.4) is 0 Å². The molecule has 0 bridgehead atoms. The molecule has 0 aliphatic carbocycles. The lowest BCUT2D eigenvalue weighted by molar-refractivity contribution is 0.0533. The number of piperazine rings is 1. The first-order valence-corrected chi connectivity index (χ1v) is 8.07. The van der Waals surface area contributed by atoms with Gasteiger partial charge in [0.05, 0.1) is 12.7 Å². The molecule has 1 aliphatic rings. The van der Waals surface area contributed by atoms with Crippen molar-refractivity contribution in [3.63, 3.8) is 0 Å². The summed E-state index contributed by atoms with van der Waals surface area (Å²) in [6, 6.07) is 12.7. The third kappa shape index (κ3) is 3.63. The van der Waals surface area contributed by atoms with Crippen LogP contribution in [-0.4, -0.2) is 54.9 Å². The number of methoxy groups -OCH3 is 1. The molecule has 3 rings (SSSR count). The molecule has 1 aliphatic heterocycles. The summed E-state index contributed by atoms with van der Waals surface area (Å²) in [4.78, 5) is 28.4. The van der Waals surface area contributed by atoms with Gasteiger partial charge in [0, 0.05) is 31.7 Å². The van der Waals surface area contributed by atoms with Gasteiger partial charge in [-0.25, -0.2) is 4.39 Å². The number of hydrogen-bond donors (Lipinski definition) is 0. The Labute approximate surface area is 145 Å². The standard InChI is InChI=1S/C19H19FN2O3/c1-25-17-8-3-2-7-16(17)19(24)22-11-9-21(10-12-22)18(23)14-5-4-6-15(20)13-14/h2-8,13H,9-12H2,1H3. The van der Waals surface area contributed by atoms with Gasteiger partial charge in [0.2, 0.25) is 0 Å². The fraction of sp³-hybridized carbons (Fsp3) is 0.263. The molecular formula is C19H19FN2O3. The normalized spacial score (nSPS) is 14.3. The van der Waals surface area contributed by atoms with Crippen LogP contribution in [0.4, 0.5) is 4.39 Å². The van der Waals surface area contributed by atoms with E-state index in [2.05, 4.69) is 0 Å². The zero-order valence-electron chi connectivity index (χ0n) is 13.9. The van der Waals surface area contributed by atoms with E-state index in [1.165, 1.54) is 25.3 Å². The monoisotopic (exact) mass is 342 g/mol. The lowest BCUT2D eigenvalue weighted by Crippen LogP contribution is -2.50. The van der Waals surface area contributed by atoms with Crippen molar-refractivity contribution in [2.75, 3.05) is 33.3 Å². The average Bonchev–Trinajstić information content (AvgIpc) is 2.67. The van der Waals surface area contributed by atoms with Crippen LogP contribution in [-0.2, 0) is 0 Å². The van der Waals surface area contributed by atoms with E-state index >= 15 is 0 Å². The minimum atomic E-state index is -0.434. The highest BCUT2D eigenvalue weighted by Gasteiger charge is 2.26. The molecule has 2 amide bonds. The van der Waals surface area contributed by atoms with Gasteiger partial charge in [-0.3, -0.25) is 9.59 Å². The van der Waals surface area contributed by atoms with Crippen molar-refractivity contribution < 1.29 is 18.7 Å². The number of carbonyl (C=O) groups excluding carboxylic acids is 2. The van der Waals surface area contributed by atoms with E-state index in [1.54, 1.807) is 34.1 Å². The topological polar surface area (TPSA) is 49.9 Å². The van der Waals surface area contributed by atoms with Crippen LogP contribution in [0.5, 0.6) is 5.75 Å². The molecule has 130 valence electrons. The number of hydrogen-bond acceptors (Lipinski definition) is 3. The maximum atomic E-state index is 13.3. The second kappa shape index (κ2) is 7.34. The first-order chi connectivity index (χ1) is 12.1. The second-order valence-electron chi connectivity index (χ2n) is 5.80. The zero-order chi connectivity index (χ0) is 17.8. The third-order valence-corrected chi connectivity index (χ3v) is 4.26. The number of nitrogens with zero attached hydrogens (tertiary/aromatic N) is 2. The Kier molecular flexibility index (Phi) is 4.97. The Morgan fingerprint density at radius 3 is 2.20 bits per heavy atom. The van der Waals surface area contributed by atoms with Crippen molar-refractivity contribution in [2.24, 2.45) is 0 Å². The largest absolute Gasteiger partial charge is 0.496 e. The van der Waals surface area contributed by atoms with Crippen molar-refractivity contribution >= 4 is 11.8 Å². The van der Waals surface area contributed by atoms with E-state index in [4.69, 9.17) is 4.74 Å². The number of rotatable bonds is 3. The quantitative estimate of drug-likeness (QED) is 0.861. The van der Waals surface area contributed by atoms with E-state index in [9.17, 15) is 14.0 Å². The first-order valence-electron chi connectivity index (χ1n) is 8.07. The number of amides is 2. The smallest absolute Gasteiger partial charge is 0.257 e. The molecule has 2 aromatic rings. The molecule has 1 saturated heterocycles. The SMILES string of the molecule is COc1ccccc1C(=O)N1CCN(C(=O)c2cccc(F)c2)CC1. The Balaban J connectivity index is 1.65. The van der Waals surface area contributed by atoms with Gasteiger partial charge in [-0.2, -0.15) is 0 Å². The van der Waals surface area contributed by atoms with Crippen molar-refractivity contribution in [3.8, 4) is 5.75 Å². The van der Waals surface area contributed by atoms with Gasteiger partial charge in [0.1, 0.15) is 11.6 Å². The van der Waals surface area contributed by atoms with Crippen LogP contribution in [0, 0.1) is 5.82 Å². The first kappa shape index (κ1) is 17.0. The number of halogens is 1. The maximum Gasteiger partial charge on any atom is 0.257 e. The summed E-state index contributed by atoms with van der Waals surface area (Å²) in [5.41, 5.74) is 0.833. The molecule has 1 fully saturated rings. The number of para-hydroxylation sites is 1. The molecule has 0 aromatic heterocycles. The van der Waals surface area contributed by atoms with Crippen molar-refractivity contribution in [1.82, 2.24) is 9.80 Å². The molecule has 0 unspecified atom stereocenters. The molecule has 0 atom stereocenters. The van der Waals surface area contributed by atoms with E-state index in [0.717, 1.165) is 0 Å². The van der Waals surface area contributed by atoms with E-state index in [0.29, 0.717) is 43.1 Å². The van der Waals surface area contributed by atoms with Crippen LogP contribution >= 0.6 is 0 Å². The number of ether oxygens (including phenoxy) is 1. The average molecular weight is 342 g/mol. The molecule has 5 nitrogen and oxygen atoms in total. The van der Waals surface area contributed by atoms with Crippen LogP contribution < -0.4 is 4.74 Å². The molecule has 6 heteroatoms. The maximum absolute atomic E-state index is 13.3. The predicted molar refractivity (Wildman–Crippen MR) is 91.2 cm³/mol. The second-order valence-corrected chi connectivity index (χ2v) is 5.80. The van der Waals surface area contributed by atoms with Crippen molar-refractivity contribution in [1.29, 1.82) is 0 Å². The molecule has 25 heavy (non-hydrogen) atoms. The lowest BCUT2D eigenvalue weighted by atomic mass is 10.1. The fourth-order valence-electron chi connectivity index (χ4n) is 2.91. The zero-order valence-corrected chi connectivity index (χ0v) is 13.9. The Morgan fingerprint density at radius 1 is 0.920 bits per heavy atom. The molecule has 0 N–H and O–H groups in total. The van der Waals surface area contributed by atoms with Crippen LogP contribution in [0.1, 0.15) is 20.7 Å². The van der Waals surface area contributed by atoms with Gasteiger partial charge in [-0.15, -0.1) is 0 Å². The number of carbonyl (C=O) groups is 2. The van der Waals surface area contributed by atoms with E-state index < -0.39 is 5.82 Å². The lowest BCUT2D eigenvalue weighted by Gasteiger charge is -2.35. The summed E-state index contributed by atoms with van der Waals surface area (Å²) in [6.45, 7) is 1.68. The summed E-state index contributed by atoms with van der Waals surface area (Å²) in [5, 5.41) is 0. The summed E-state index contributed by atoms with van der Waals surface area (Å²) in [7, 11) is 1.53. The molecule has 2 aromatic carbocycles. The van der Waals surface area contributed by atoms with Gasteiger partial charge < -0.3 is 14.5 Å². The van der Waals surface area contributed by atoms with E-state index in [1.807, 2.05) is 6.07 Å². The van der Waals surface area contributed by atoms with Gasteiger partial charge in [0.15, 0.2) is 0 Å². The van der Waals surface area contributed by atoms with Crippen LogP contribution in [0.25, 0.3) is 0 Å². The summed E-state index contributed by atoms with van der Waals surface area (Å²) in [5.74, 6) is -0.235. The minimum Gasteiger partial charge on any atom is -0.496 e. The number of benzene rings is 2. The Bertz CT molecular complexity index is 786. The third-order valence-electron chi connectivity index (χ3n) is 4.26. The van der Waals surface area contributed by atoms with Crippen molar-refractivity contribution in [2.45, 2.75) is 0 Å². The predicted octanol–water partition coefficient (Wildman–Crippen LogP) is 2.43. The molecule has 0 saturated carbocycles. The summed E-state index contributed by atoms with van der Waals surface area (Å²) >= 11 is 0. The highest BCUT2D eigenvalue weighted by Crippen LogP contribution is 2.20. The van der Waals surface area contributed by atoms with Gasteiger partial charge >= 0.3 is 0 Å². The van der Waals surface area contributed by atoms with E-state index in [-0.39, 0.29) is 11.8 Å². The van der Waals surface area contributed by atoms with Gasteiger partial charge in [-0.05, 0) is 30.3 Å². The minimum absolute atomic E-state index is 0.115. The molecule has 1 heterocycles. The van der Waals surface area contributed by atoms with Crippen LogP contribution in [0.15, 0.2) is 48.5 Å². The van der Waals surface area contributed by atoms with Crippen LogP contribution in [0.2, 0.25) is 0 Å². The highest BCUT2D eigenvalue weighted by atomic mass is 19.1. The molecule has 0 spiro atoms.